The SMILES string of the molecule is CCCCCCN(C(=O)[C@@H](N)[C@@H](C)CC)[C@H](CC(=NC(C)=O)c1nc(C(=O)OCC)cs1)C(C)C. The van der Waals surface area contributed by atoms with Crippen LogP contribution in [0.3, 0.4) is 0 Å². The van der Waals surface area contributed by atoms with Crippen LogP contribution in [-0.2, 0) is 14.3 Å². The fourth-order valence-corrected chi connectivity index (χ4v) is 4.61. The number of carbonyl (C=O) groups is 3. The zero-order valence-electron chi connectivity index (χ0n) is 22.5. The number of carbonyl (C=O) groups excluding carboxylic acids is 3. The van der Waals surface area contributed by atoms with E-state index in [1.807, 2.05) is 18.7 Å². The van der Waals surface area contributed by atoms with E-state index in [-0.39, 0.29) is 42.0 Å². The van der Waals surface area contributed by atoms with Gasteiger partial charge in [0.05, 0.1) is 18.4 Å². The number of nitrogens with zero attached hydrogens (tertiary/aromatic N) is 3. The van der Waals surface area contributed by atoms with E-state index in [0.717, 1.165) is 32.1 Å². The van der Waals surface area contributed by atoms with Crippen LogP contribution in [0.25, 0.3) is 0 Å². The standard InChI is InChI=1S/C26H44N4O4S/c1-8-11-12-13-14-30(25(32)23(27)18(6)9-2)22(17(4)5)15-20(28-19(7)31)24-29-21(16-35-24)26(33)34-10-3/h16-18,22-23H,8-15,27H2,1-7H3/t18-,22+,23-/m0/s1. The lowest BCUT2D eigenvalue weighted by Crippen LogP contribution is -2.53. The fraction of sp³-hybridized carbons (Fsp3) is 0.731. The van der Waals surface area contributed by atoms with Crippen LogP contribution in [0, 0.1) is 11.8 Å². The quantitative estimate of drug-likeness (QED) is 0.206. The largest absolute Gasteiger partial charge is 0.461 e. The molecular weight excluding hydrogens is 464 g/mol. The highest BCUT2D eigenvalue weighted by Crippen LogP contribution is 2.24. The van der Waals surface area contributed by atoms with Crippen molar-refractivity contribution in [2.75, 3.05) is 13.2 Å². The molecule has 0 unspecified atom stereocenters. The van der Waals surface area contributed by atoms with Gasteiger partial charge in [0.15, 0.2) is 5.69 Å². The first-order chi connectivity index (χ1) is 16.6. The van der Waals surface area contributed by atoms with Crippen molar-refractivity contribution in [3.05, 3.63) is 16.1 Å². The molecule has 3 atom stereocenters. The highest BCUT2D eigenvalue weighted by Gasteiger charge is 2.33. The second-order valence-electron chi connectivity index (χ2n) is 9.35. The van der Waals surface area contributed by atoms with E-state index < -0.39 is 12.0 Å². The first-order valence-corrected chi connectivity index (χ1v) is 13.7. The van der Waals surface area contributed by atoms with Gasteiger partial charge in [0.1, 0.15) is 5.01 Å². The molecule has 1 rings (SSSR count). The summed E-state index contributed by atoms with van der Waals surface area (Å²) in [5.41, 5.74) is 7.05. The third kappa shape index (κ3) is 9.80. The van der Waals surface area contributed by atoms with Crippen LogP contribution in [0.2, 0.25) is 0 Å². The maximum absolute atomic E-state index is 13.6. The lowest BCUT2D eigenvalue weighted by molar-refractivity contribution is -0.137. The molecule has 0 radical (unpaired) electrons. The average molecular weight is 509 g/mol. The normalized spacial score (nSPS) is 14.5. The van der Waals surface area contributed by atoms with Crippen molar-refractivity contribution in [3.63, 3.8) is 0 Å². The predicted molar refractivity (Wildman–Crippen MR) is 142 cm³/mol. The molecule has 0 bridgehead atoms. The Bertz CT molecular complexity index is 852. The Morgan fingerprint density at radius 3 is 2.37 bits per heavy atom. The molecule has 9 heteroatoms. The van der Waals surface area contributed by atoms with Gasteiger partial charge in [-0.25, -0.2) is 14.8 Å². The van der Waals surface area contributed by atoms with E-state index in [0.29, 0.717) is 23.7 Å². The van der Waals surface area contributed by atoms with Gasteiger partial charge in [0.2, 0.25) is 11.8 Å². The summed E-state index contributed by atoms with van der Waals surface area (Å²) in [7, 11) is 0. The van der Waals surface area contributed by atoms with Crippen LogP contribution in [-0.4, -0.2) is 58.6 Å². The van der Waals surface area contributed by atoms with E-state index in [1.54, 1.807) is 12.3 Å². The first-order valence-electron chi connectivity index (χ1n) is 12.8. The molecule has 8 nitrogen and oxygen atoms in total. The van der Waals surface area contributed by atoms with Crippen LogP contribution in [0.5, 0.6) is 0 Å². The number of hydrogen-bond acceptors (Lipinski definition) is 7. The van der Waals surface area contributed by atoms with Crippen molar-refractivity contribution in [1.29, 1.82) is 0 Å². The molecule has 0 aromatic carbocycles. The molecule has 1 aromatic heterocycles. The maximum atomic E-state index is 13.6. The summed E-state index contributed by atoms with van der Waals surface area (Å²) in [6.07, 6.45) is 5.30. The van der Waals surface area contributed by atoms with E-state index in [1.165, 1.54) is 18.3 Å². The van der Waals surface area contributed by atoms with Crippen LogP contribution in [0.4, 0.5) is 0 Å². The topological polar surface area (TPSA) is 115 Å². The summed E-state index contributed by atoms with van der Waals surface area (Å²) in [5.74, 6) is -0.777. The third-order valence-corrected chi connectivity index (χ3v) is 7.07. The summed E-state index contributed by atoms with van der Waals surface area (Å²) >= 11 is 1.24. The van der Waals surface area contributed by atoms with Gasteiger partial charge in [-0.3, -0.25) is 9.59 Å². The molecule has 2 amide bonds. The van der Waals surface area contributed by atoms with E-state index >= 15 is 0 Å². The zero-order chi connectivity index (χ0) is 26.5. The van der Waals surface area contributed by atoms with Crippen molar-refractivity contribution >= 4 is 34.8 Å². The minimum atomic E-state index is -0.587. The number of nitrogens with two attached hydrogens (primary N) is 1. The molecule has 1 aromatic rings. The van der Waals surface area contributed by atoms with Crippen molar-refractivity contribution in [2.45, 2.75) is 99.1 Å². The summed E-state index contributed by atoms with van der Waals surface area (Å²) in [6, 6.07) is -0.803. The van der Waals surface area contributed by atoms with Crippen molar-refractivity contribution < 1.29 is 19.1 Å². The van der Waals surface area contributed by atoms with E-state index in [2.05, 4.69) is 30.7 Å². The molecule has 0 saturated carbocycles. The summed E-state index contributed by atoms with van der Waals surface area (Å²) < 4.78 is 5.05. The van der Waals surface area contributed by atoms with Gasteiger partial charge in [-0.15, -0.1) is 11.3 Å². The Morgan fingerprint density at radius 2 is 1.83 bits per heavy atom. The summed E-state index contributed by atoms with van der Waals surface area (Å²) in [4.78, 5) is 48.2. The molecule has 0 aliphatic rings. The smallest absolute Gasteiger partial charge is 0.357 e. The summed E-state index contributed by atoms with van der Waals surface area (Å²) in [6.45, 7) is 14.3. The monoisotopic (exact) mass is 508 g/mol. The molecule has 35 heavy (non-hydrogen) atoms. The maximum Gasteiger partial charge on any atom is 0.357 e. The summed E-state index contributed by atoms with van der Waals surface area (Å²) in [5, 5.41) is 2.10. The lowest BCUT2D eigenvalue weighted by Gasteiger charge is -2.37. The molecule has 198 valence electrons. The van der Waals surface area contributed by atoms with Gasteiger partial charge < -0.3 is 15.4 Å². The van der Waals surface area contributed by atoms with Crippen LogP contribution in [0.15, 0.2) is 10.4 Å². The van der Waals surface area contributed by atoms with Gasteiger partial charge in [0.25, 0.3) is 0 Å². The molecule has 0 spiro atoms. The van der Waals surface area contributed by atoms with E-state index in [9.17, 15) is 14.4 Å². The van der Waals surface area contributed by atoms with Crippen LogP contribution < -0.4 is 5.73 Å². The minimum absolute atomic E-state index is 0.0601. The number of unbranched alkanes of at least 4 members (excludes halogenated alkanes) is 3. The molecular formula is C26H44N4O4S. The number of rotatable bonds is 15. The second kappa shape index (κ2) is 15.8. The molecule has 2 N–H and O–H groups in total. The molecule has 0 fully saturated rings. The Kier molecular flexibility index (Phi) is 13.9. The van der Waals surface area contributed by atoms with Gasteiger partial charge in [-0.05, 0) is 25.2 Å². The van der Waals surface area contributed by atoms with Gasteiger partial charge in [-0.1, -0.05) is 60.3 Å². The number of ether oxygens (including phenoxy) is 1. The average Bonchev–Trinajstić information content (AvgIpc) is 3.31. The van der Waals surface area contributed by atoms with E-state index in [4.69, 9.17) is 10.5 Å². The molecule has 0 aliphatic carbocycles. The first kappa shape index (κ1) is 30.9. The molecule has 0 aliphatic heterocycles. The number of thiazole rings is 1. The van der Waals surface area contributed by atoms with Crippen LogP contribution in [0.1, 0.15) is 102 Å². The number of hydrogen-bond donors (Lipinski definition) is 1. The Morgan fingerprint density at radius 1 is 1.14 bits per heavy atom. The lowest BCUT2D eigenvalue weighted by atomic mass is 9.92. The number of amides is 2. The minimum Gasteiger partial charge on any atom is -0.461 e. The van der Waals surface area contributed by atoms with Crippen molar-refractivity contribution in [3.8, 4) is 0 Å². The van der Waals surface area contributed by atoms with Gasteiger partial charge in [0, 0.05) is 31.3 Å². The number of esters is 1. The van der Waals surface area contributed by atoms with Crippen molar-refractivity contribution in [2.24, 2.45) is 22.6 Å². The predicted octanol–water partition coefficient (Wildman–Crippen LogP) is 4.85. The highest BCUT2D eigenvalue weighted by molar-refractivity contribution is 7.12. The Hall–Kier alpha value is -2.13. The van der Waals surface area contributed by atoms with Crippen molar-refractivity contribution in [1.82, 2.24) is 9.88 Å². The third-order valence-electron chi connectivity index (χ3n) is 6.18. The van der Waals surface area contributed by atoms with Gasteiger partial charge in [-0.2, -0.15) is 0 Å². The fourth-order valence-electron chi connectivity index (χ4n) is 3.82. The Labute approximate surface area is 214 Å². The number of aliphatic imine (C=N–C) groups is 1. The van der Waals surface area contributed by atoms with Gasteiger partial charge >= 0.3 is 5.97 Å². The number of aromatic nitrogens is 1. The Balaban J connectivity index is 3.33. The molecule has 1 heterocycles. The highest BCUT2D eigenvalue weighted by atomic mass is 32.1. The zero-order valence-corrected chi connectivity index (χ0v) is 23.3. The van der Waals surface area contributed by atoms with Crippen LogP contribution >= 0.6 is 11.3 Å². The molecule has 0 saturated heterocycles. The second-order valence-corrected chi connectivity index (χ2v) is 10.2.